The summed E-state index contributed by atoms with van der Waals surface area (Å²) in [6, 6.07) is 0. The molecule has 0 radical (unpaired) electrons. The minimum absolute atomic E-state index is 0.0724. The highest BCUT2D eigenvalue weighted by Crippen LogP contribution is 2.68. The molecule has 0 aromatic rings. The molecule has 3 saturated carbocycles. The zero-order valence-corrected chi connectivity index (χ0v) is 21.4. The molecular weight excluding hydrogens is 468 g/mol. The predicted octanol–water partition coefficient (Wildman–Crippen LogP) is 2.24. The van der Waals surface area contributed by atoms with Crippen LogP contribution in [0.5, 0.6) is 0 Å². The van der Waals surface area contributed by atoms with E-state index in [2.05, 4.69) is 0 Å². The second-order valence-corrected chi connectivity index (χ2v) is 11.1. The van der Waals surface area contributed by atoms with E-state index >= 15 is 0 Å². The Bertz CT molecular complexity index is 1070. The number of carbonyl (C=O) groups excluding carboxylic acids is 5. The first kappa shape index (κ1) is 26.3. The molecule has 36 heavy (non-hydrogen) atoms. The van der Waals surface area contributed by atoms with Crippen molar-refractivity contribution < 1.29 is 43.3 Å². The van der Waals surface area contributed by atoms with Gasteiger partial charge >= 0.3 is 17.9 Å². The topological polar surface area (TPSA) is 133 Å². The van der Waals surface area contributed by atoms with E-state index in [4.69, 9.17) is 14.2 Å². The van der Waals surface area contributed by atoms with Gasteiger partial charge in [-0.15, -0.1) is 0 Å². The van der Waals surface area contributed by atoms with Crippen LogP contribution >= 0.6 is 0 Å². The van der Waals surface area contributed by atoms with Gasteiger partial charge in [-0.2, -0.15) is 0 Å². The van der Waals surface area contributed by atoms with E-state index < -0.39 is 58.9 Å². The standard InChI is InChI=1S/C27H34O9/c1-14(28)34-13-22(33)27(36-16(3)30)23(35-15(2)29)11-20-19-7-6-17-10-18(31)8-9-25(17,4)24(19)21(32)12-26(20,27)5/h8-10,19-21,23-24,32H,6-7,11-13H2,1-5H3. The Labute approximate surface area is 210 Å². The summed E-state index contributed by atoms with van der Waals surface area (Å²) >= 11 is 0. The number of hydrogen-bond donors (Lipinski definition) is 1. The van der Waals surface area contributed by atoms with Crippen LogP contribution in [0.15, 0.2) is 23.8 Å². The summed E-state index contributed by atoms with van der Waals surface area (Å²) in [5.74, 6) is -3.39. The highest BCUT2D eigenvalue weighted by Gasteiger charge is 2.75. The lowest BCUT2D eigenvalue weighted by molar-refractivity contribution is -0.214. The molecule has 0 aromatic heterocycles. The molecule has 9 heteroatoms. The molecule has 0 aromatic carbocycles. The Hall–Kier alpha value is -2.81. The number of carbonyl (C=O) groups is 5. The van der Waals surface area contributed by atoms with E-state index in [1.54, 1.807) is 13.0 Å². The van der Waals surface area contributed by atoms with Crippen molar-refractivity contribution in [3.8, 4) is 0 Å². The van der Waals surface area contributed by atoms with Crippen LogP contribution in [0.3, 0.4) is 0 Å². The molecule has 0 spiro atoms. The van der Waals surface area contributed by atoms with Gasteiger partial charge in [0.25, 0.3) is 0 Å². The molecule has 8 atom stereocenters. The predicted molar refractivity (Wildman–Crippen MR) is 125 cm³/mol. The van der Waals surface area contributed by atoms with E-state index in [0.29, 0.717) is 12.8 Å². The van der Waals surface area contributed by atoms with Crippen LogP contribution in [0.2, 0.25) is 0 Å². The zero-order chi connectivity index (χ0) is 26.6. The smallest absolute Gasteiger partial charge is 0.303 e. The molecule has 0 saturated heterocycles. The third kappa shape index (κ3) is 3.83. The second kappa shape index (κ2) is 8.94. The quantitative estimate of drug-likeness (QED) is 0.444. The number of hydrogen-bond acceptors (Lipinski definition) is 9. The van der Waals surface area contributed by atoms with Gasteiger partial charge < -0.3 is 19.3 Å². The third-order valence-corrected chi connectivity index (χ3v) is 9.09. The molecule has 0 aliphatic heterocycles. The summed E-state index contributed by atoms with van der Waals surface area (Å²) in [7, 11) is 0. The lowest BCUT2D eigenvalue weighted by atomic mass is 9.46. The van der Waals surface area contributed by atoms with Gasteiger partial charge in [-0.25, -0.2) is 0 Å². The first-order valence-electron chi connectivity index (χ1n) is 12.4. The fourth-order valence-corrected chi connectivity index (χ4v) is 7.87. The fraction of sp³-hybridized carbons (Fsp3) is 0.667. The number of allylic oxidation sites excluding steroid dienone is 4. The molecule has 1 N–H and O–H groups in total. The fourth-order valence-electron chi connectivity index (χ4n) is 7.87. The van der Waals surface area contributed by atoms with E-state index in [1.165, 1.54) is 26.8 Å². The van der Waals surface area contributed by atoms with E-state index in [-0.39, 0.29) is 36.4 Å². The van der Waals surface area contributed by atoms with Crippen molar-refractivity contribution in [2.45, 2.75) is 78.1 Å². The zero-order valence-electron chi connectivity index (χ0n) is 21.4. The number of fused-ring (bicyclic) bond motifs is 5. The van der Waals surface area contributed by atoms with Gasteiger partial charge in [0.15, 0.2) is 12.4 Å². The van der Waals surface area contributed by atoms with Crippen LogP contribution < -0.4 is 0 Å². The van der Waals surface area contributed by atoms with Crippen LogP contribution in [0.4, 0.5) is 0 Å². The molecule has 4 aliphatic rings. The van der Waals surface area contributed by atoms with Gasteiger partial charge in [-0.05, 0) is 49.7 Å². The van der Waals surface area contributed by atoms with Crippen molar-refractivity contribution in [1.29, 1.82) is 0 Å². The van der Waals surface area contributed by atoms with Gasteiger partial charge in [0.2, 0.25) is 11.4 Å². The van der Waals surface area contributed by atoms with Crippen molar-refractivity contribution in [3.63, 3.8) is 0 Å². The third-order valence-electron chi connectivity index (χ3n) is 9.09. The van der Waals surface area contributed by atoms with E-state index in [9.17, 15) is 29.1 Å². The molecule has 8 unspecified atom stereocenters. The highest BCUT2D eigenvalue weighted by atomic mass is 16.6. The van der Waals surface area contributed by atoms with Crippen molar-refractivity contribution >= 4 is 29.5 Å². The Morgan fingerprint density at radius 2 is 1.78 bits per heavy atom. The maximum Gasteiger partial charge on any atom is 0.303 e. The van der Waals surface area contributed by atoms with Gasteiger partial charge in [0.1, 0.15) is 6.10 Å². The number of aliphatic hydroxyl groups is 1. The number of Topliss-reactive ketones (excluding diaryl/α,β-unsaturated/α-hetero) is 1. The molecule has 4 rings (SSSR count). The molecule has 0 heterocycles. The van der Waals surface area contributed by atoms with Crippen molar-refractivity contribution in [2.75, 3.05) is 6.61 Å². The lowest BCUT2D eigenvalue weighted by Crippen LogP contribution is -2.65. The second-order valence-electron chi connectivity index (χ2n) is 11.1. The average Bonchev–Trinajstić information content (AvgIpc) is 2.99. The minimum atomic E-state index is -1.92. The number of esters is 3. The first-order valence-corrected chi connectivity index (χ1v) is 12.4. The summed E-state index contributed by atoms with van der Waals surface area (Å²) in [5, 5.41) is 11.6. The largest absolute Gasteiger partial charge is 0.458 e. The molecule has 196 valence electrons. The van der Waals surface area contributed by atoms with Crippen LogP contribution in [-0.2, 0) is 38.2 Å². The van der Waals surface area contributed by atoms with Crippen molar-refractivity contribution in [3.05, 3.63) is 23.8 Å². The van der Waals surface area contributed by atoms with Crippen molar-refractivity contribution in [1.82, 2.24) is 0 Å². The molecule has 0 bridgehead atoms. The van der Waals surface area contributed by atoms with Gasteiger partial charge in [0, 0.05) is 37.5 Å². The van der Waals surface area contributed by atoms with Crippen molar-refractivity contribution in [2.24, 2.45) is 28.6 Å². The maximum atomic E-state index is 13.8. The number of aliphatic hydroxyl groups excluding tert-OH is 1. The first-order chi connectivity index (χ1) is 16.8. The normalized spacial score (nSPS) is 40.8. The summed E-state index contributed by atoms with van der Waals surface area (Å²) in [6.07, 6.45) is 4.72. The van der Waals surface area contributed by atoms with Gasteiger partial charge in [0.05, 0.1) is 6.10 Å². The summed E-state index contributed by atoms with van der Waals surface area (Å²) in [6.45, 7) is 6.73. The molecule has 4 aliphatic carbocycles. The molecule has 0 amide bonds. The Balaban J connectivity index is 1.83. The molecule has 9 nitrogen and oxygen atoms in total. The number of rotatable bonds is 5. The lowest BCUT2D eigenvalue weighted by Gasteiger charge is -2.59. The van der Waals surface area contributed by atoms with Gasteiger partial charge in [-0.3, -0.25) is 24.0 Å². The summed E-state index contributed by atoms with van der Waals surface area (Å²) in [4.78, 5) is 61.9. The van der Waals surface area contributed by atoms with Crippen LogP contribution in [0.1, 0.15) is 60.3 Å². The monoisotopic (exact) mass is 502 g/mol. The Morgan fingerprint density at radius 3 is 2.39 bits per heavy atom. The Morgan fingerprint density at radius 1 is 1.08 bits per heavy atom. The SMILES string of the molecule is CC(=O)OCC(=O)C1(OC(C)=O)C(OC(C)=O)CC2C3CCC4=CC(=O)C=CC4(C)C3C(O)CC21C. The van der Waals surface area contributed by atoms with E-state index in [1.807, 2.05) is 13.0 Å². The van der Waals surface area contributed by atoms with E-state index in [0.717, 1.165) is 5.57 Å². The maximum absolute atomic E-state index is 13.8. The minimum Gasteiger partial charge on any atom is -0.458 e. The van der Waals surface area contributed by atoms with Crippen LogP contribution in [0, 0.1) is 28.6 Å². The summed E-state index contributed by atoms with van der Waals surface area (Å²) < 4.78 is 16.5. The van der Waals surface area contributed by atoms with Gasteiger partial charge in [-0.1, -0.05) is 25.5 Å². The highest BCUT2D eigenvalue weighted by molar-refractivity contribution is 6.01. The Kier molecular flexibility index (Phi) is 6.52. The number of ketones is 2. The number of ether oxygens (including phenoxy) is 3. The summed E-state index contributed by atoms with van der Waals surface area (Å²) in [5.41, 5.74) is -2.58. The average molecular weight is 503 g/mol. The molecular formula is C27H34O9. The van der Waals surface area contributed by atoms with Crippen LogP contribution in [-0.4, -0.2) is 59.0 Å². The van der Waals surface area contributed by atoms with Crippen LogP contribution in [0.25, 0.3) is 0 Å². The molecule has 3 fully saturated rings.